The number of hydrogen-bond acceptors (Lipinski definition) is 4. The second-order valence-corrected chi connectivity index (χ2v) is 5.89. The monoisotopic (exact) mass is 344 g/mol. The van der Waals surface area contributed by atoms with Crippen molar-refractivity contribution < 1.29 is 9.53 Å². The van der Waals surface area contributed by atoms with Gasteiger partial charge in [-0.3, -0.25) is 9.48 Å². The molecule has 0 spiro atoms. The van der Waals surface area contributed by atoms with Crippen molar-refractivity contribution in [2.24, 2.45) is 7.05 Å². The number of nitrogens with one attached hydrogen (secondary N) is 1. The molecule has 2 heterocycles. The number of anilines is 1. The number of rotatable bonds is 4. The van der Waals surface area contributed by atoms with Gasteiger partial charge in [0.1, 0.15) is 5.75 Å². The molecule has 0 fully saturated rings. The molecule has 124 valence electrons. The molecule has 3 rings (SSSR count). The first-order chi connectivity index (χ1) is 11.5. The molecule has 3 aromatic rings. The van der Waals surface area contributed by atoms with Crippen LogP contribution < -0.4 is 10.1 Å². The number of ether oxygens (including phenoxy) is 1. The Balaban J connectivity index is 1.74. The second kappa shape index (κ2) is 6.49. The van der Waals surface area contributed by atoms with Crippen molar-refractivity contribution in [2.45, 2.75) is 20.0 Å². The molecule has 0 radical (unpaired) electrons. The van der Waals surface area contributed by atoms with Gasteiger partial charge >= 0.3 is 0 Å². The van der Waals surface area contributed by atoms with Crippen LogP contribution >= 0.6 is 11.6 Å². The number of para-hydroxylation sites is 1. The van der Waals surface area contributed by atoms with Crippen molar-refractivity contribution in [1.82, 2.24) is 14.8 Å². The molecule has 1 atom stereocenters. The summed E-state index contributed by atoms with van der Waals surface area (Å²) in [5.41, 5.74) is 2.22. The summed E-state index contributed by atoms with van der Waals surface area (Å²) < 4.78 is 7.32. The molecular weight excluding hydrogens is 328 g/mol. The Bertz CT molecular complexity index is 907. The Hall–Kier alpha value is -2.60. The highest BCUT2D eigenvalue weighted by atomic mass is 35.5. The quantitative estimate of drug-likeness (QED) is 0.788. The summed E-state index contributed by atoms with van der Waals surface area (Å²) in [6, 6.07) is 8.89. The average Bonchev–Trinajstić information content (AvgIpc) is 2.83. The average molecular weight is 345 g/mol. The van der Waals surface area contributed by atoms with E-state index in [0.717, 1.165) is 16.7 Å². The molecule has 7 heteroatoms. The van der Waals surface area contributed by atoms with Gasteiger partial charge in [-0.25, -0.2) is 4.98 Å². The fraction of sp³-hybridized carbons (Fsp3) is 0.235. The Morgan fingerprint density at radius 2 is 2.12 bits per heavy atom. The van der Waals surface area contributed by atoms with E-state index in [2.05, 4.69) is 15.4 Å². The van der Waals surface area contributed by atoms with Gasteiger partial charge in [0.15, 0.2) is 11.8 Å². The van der Waals surface area contributed by atoms with Crippen molar-refractivity contribution in [1.29, 1.82) is 0 Å². The lowest BCUT2D eigenvalue weighted by Crippen LogP contribution is -2.30. The number of benzene rings is 1. The highest BCUT2D eigenvalue weighted by molar-refractivity contribution is 6.32. The predicted molar refractivity (Wildman–Crippen MR) is 93.4 cm³/mol. The maximum atomic E-state index is 12.3. The zero-order valence-corrected chi connectivity index (χ0v) is 14.3. The van der Waals surface area contributed by atoms with Crippen molar-refractivity contribution in [3.63, 3.8) is 0 Å². The standard InChI is InChI=1S/C17H17ClN4O2/c1-10-13-8-12(9-19-16(13)22(3)21-10)20-17(23)11(2)24-15-7-5-4-6-14(15)18/h4-9,11H,1-3H3,(H,20,23). The lowest BCUT2D eigenvalue weighted by Gasteiger charge is -2.15. The van der Waals surface area contributed by atoms with Crippen molar-refractivity contribution >= 4 is 34.2 Å². The Kier molecular flexibility index (Phi) is 4.40. The SMILES string of the molecule is Cc1nn(C)c2ncc(NC(=O)C(C)Oc3ccccc3Cl)cc12. The summed E-state index contributed by atoms with van der Waals surface area (Å²) in [6.45, 7) is 3.57. The smallest absolute Gasteiger partial charge is 0.265 e. The van der Waals surface area contributed by atoms with Crippen LogP contribution in [0.25, 0.3) is 11.0 Å². The van der Waals surface area contributed by atoms with Crippen molar-refractivity contribution in [3.05, 3.63) is 47.2 Å². The number of aromatic nitrogens is 3. The predicted octanol–water partition coefficient (Wildman–Crippen LogP) is 3.34. The summed E-state index contributed by atoms with van der Waals surface area (Å²) in [7, 11) is 1.83. The maximum absolute atomic E-state index is 12.3. The number of fused-ring (bicyclic) bond motifs is 1. The number of hydrogen-bond donors (Lipinski definition) is 1. The first-order valence-corrected chi connectivity index (χ1v) is 7.85. The summed E-state index contributed by atoms with van der Waals surface area (Å²) in [6.07, 6.45) is 0.902. The van der Waals surface area contributed by atoms with Crippen LogP contribution in [-0.2, 0) is 11.8 Å². The molecule has 6 nitrogen and oxygen atoms in total. The summed E-state index contributed by atoms with van der Waals surface area (Å²) >= 11 is 6.04. The molecule has 1 amide bonds. The third-order valence-electron chi connectivity index (χ3n) is 3.64. The number of amides is 1. The van der Waals surface area contributed by atoms with Crippen LogP contribution in [0.3, 0.4) is 0 Å². The molecule has 0 saturated carbocycles. The van der Waals surface area contributed by atoms with E-state index in [1.165, 1.54) is 0 Å². The zero-order valence-electron chi connectivity index (χ0n) is 13.6. The molecule has 0 bridgehead atoms. The van der Waals surface area contributed by atoms with Gasteiger partial charge in [-0.2, -0.15) is 5.10 Å². The van der Waals surface area contributed by atoms with Gasteiger partial charge in [0.2, 0.25) is 0 Å². The molecule has 0 aliphatic carbocycles. The second-order valence-electron chi connectivity index (χ2n) is 5.48. The van der Waals surface area contributed by atoms with Gasteiger partial charge < -0.3 is 10.1 Å². The molecule has 0 aliphatic rings. The number of carbonyl (C=O) groups excluding carboxylic acids is 1. The molecule has 0 aliphatic heterocycles. The van der Waals surface area contributed by atoms with Gasteiger partial charge in [-0.1, -0.05) is 23.7 Å². The fourth-order valence-electron chi connectivity index (χ4n) is 2.40. The molecule has 0 saturated heterocycles. The molecular formula is C17H17ClN4O2. The van der Waals surface area contributed by atoms with E-state index < -0.39 is 6.10 Å². The van der Waals surface area contributed by atoms with Crippen LogP contribution in [0.1, 0.15) is 12.6 Å². The fourth-order valence-corrected chi connectivity index (χ4v) is 2.58. The number of carbonyl (C=O) groups is 1. The minimum absolute atomic E-state index is 0.280. The Labute approximate surface area is 144 Å². The lowest BCUT2D eigenvalue weighted by molar-refractivity contribution is -0.122. The van der Waals surface area contributed by atoms with Crippen LogP contribution in [0.15, 0.2) is 36.5 Å². The molecule has 1 unspecified atom stereocenters. The van der Waals surface area contributed by atoms with E-state index in [1.54, 1.807) is 42.1 Å². The van der Waals surface area contributed by atoms with Crippen LogP contribution in [0.2, 0.25) is 5.02 Å². The largest absolute Gasteiger partial charge is 0.479 e. The van der Waals surface area contributed by atoms with E-state index in [0.29, 0.717) is 16.5 Å². The summed E-state index contributed by atoms with van der Waals surface area (Å²) in [5, 5.41) is 8.48. The zero-order chi connectivity index (χ0) is 17.3. The van der Waals surface area contributed by atoms with Crippen LogP contribution in [0.4, 0.5) is 5.69 Å². The first-order valence-electron chi connectivity index (χ1n) is 7.47. The molecule has 2 aromatic heterocycles. The summed E-state index contributed by atoms with van der Waals surface area (Å²) in [4.78, 5) is 16.7. The van der Waals surface area contributed by atoms with Gasteiger partial charge in [0.05, 0.1) is 22.6 Å². The number of nitrogens with zero attached hydrogens (tertiary/aromatic N) is 3. The van der Waals surface area contributed by atoms with Gasteiger partial charge in [0, 0.05) is 12.4 Å². The normalized spacial score (nSPS) is 12.2. The third-order valence-corrected chi connectivity index (χ3v) is 3.95. The lowest BCUT2D eigenvalue weighted by atomic mass is 10.2. The van der Waals surface area contributed by atoms with E-state index in [9.17, 15) is 4.79 Å². The first kappa shape index (κ1) is 16.3. The number of aryl methyl sites for hydroxylation is 2. The topological polar surface area (TPSA) is 69.0 Å². The molecule has 1 aromatic carbocycles. The van der Waals surface area contributed by atoms with Crippen LogP contribution in [-0.4, -0.2) is 26.8 Å². The maximum Gasteiger partial charge on any atom is 0.265 e. The minimum atomic E-state index is -0.699. The highest BCUT2D eigenvalue weighted by Crippen LogP contribution is 2.25. The van der Waals surface area contributed by atoms with E-state index in [1.807, 2.05) is 20.0 Å². The minimum Gasteiger partial charge on any atom is -0.479 e. The molecule has 24 heavy (non-hydrogen) atoms. The van der Waals surface area contributed by atoms with Gasteiger partial charge in [-0.15, -0.1) is 0 Å². The van der Waals surface area contributed by atoms with E-state index >= 15 is 0 Å². The van der Waals surface area contributed by atoms with Gasteiger partial charge in [0.25, 0.3) is 5.91 Å². The van der Waals surface area contributed by atoms with E-state index in [4.69, 9.17) is 16.3 Å². The van der Waals surface area contributed by atoms with Gasteiger partial charge in [-0.05, 0) is 32.0 Å². The van der Waals surface area contributed by atoms with E-state index in [-0.39, 0.29) is 5.91 Å². The highest BCUT2D eigenvalue weighted by Gasteiger charge is 2.17. The van der Waals surface area contributed by atoms with Crippen molar-refractivity contribution in [3.8, 4) is 5.75 Å². The number of halogens is 1. The molecule has 1 N–H and O–H groups in total. The van der Waals surface area contributed by atoms with Crippen LogP contribution in [0.5, 0.6) is 5.75 Å². The summed E-state index contributed by atoms with van der Waals surface area (Å²) in [5.74, 6) is 0.191. The Morgan fingerprint density at radius 1 is 1.38 bits per heavy atom. The third kappa shape index (κ3) is 3.19. The van der Waals surface area contributed by atoms with Crippen molar-refractivity contribution in [2.75, 3.05) is 5.32 Å². The van der Waals surface area contributed by atoms with Crippen LogP contribution in [0, 0.1) is 6.92 Å². The Morgan fingerprint density at radius 3 is 2.88 bits per heavy atom. The number of pyridine rings is 1.